The molecule has 1 aliphatic heterocycles. The van der Waals surface area contributed by atoms with Gasteiger partial charge in [0.15, 0.2) is 0 Å². The average Bonchev–Trinajstić information content (AvgIpc) is 3.16. The Bertz CT molecular complexity index is 1110. The van der Waals surface area contributed by atoms with Gasteiger partial charge in [-0.15, -0.1) is 0 Å². The molecule has 0 spiro atoms. The molecule has 1 N–H and O–H groups in total. The van der Waals surface area contributed by atoms with Crippen molar-refractivity contribution in [3.63, 3.8) is 0 Å². The van der Waals surface area contributed by atoms with Crippen LogP contribution in [0.25, 0.3) is 0 Å². The second kappa shape index (κ2) is 8.53. The normalized spacial score (nSPS) is 17.7. The lowest BCUT2D eigenvalue weighted by Gasteiger charge is -2.31. The molecule has 0 aromatic carbocycles. The van der Waals surface area contributed by atoms with Crippen molar-refractivity contribution in [2.75, 3.05) is 18.4 Å². The Kier molecular flexibility index (Phi) is 5.83. The van der Waals surface area contributed by atoms with Gasteiger partial charge in [-0.3, -0.25) is 4.68 Å². The molecule has 4 rings (SSSR count). The monoisotopic (exact) mass is 426 g/mol. The molecule has 1 fully saturated rings. The maximum absolute atomic E-state index is 13.3. The molecule has 158 valence electrons. The van der Waals surface area contributed by atoms with E-state index < -0.39 is 10.0 Å². The first kappa shape index (κ1) is 20.5. The van der Waals surface area contributed by atoms with E-state index in [1.807, 2.05) is 43.3 Å². The van der Waals surface area contributed by atoms with E-state index in [4.69, 9.17) is 4.98 Å². The Hall–Kier alpha value is -2.78. The summed E-state index contributed by atoms with van der Waals surface area (Å²) in [5.74, 6) is 1.46. The number of piperidine rings is 1. The van der Waals surface area contributed by atoms with Crippen molar-refractivity contribution in [2.45, 2.75) is 44.0 Å². The van der Waals surface area contributed by atoms with E-state index in [-0.39, 0.29) is 5.92 Å². The topological polar surface area (TPSA) is 93.0 Å². The SMILES string of the molecule is CCn1cc(S(=O)(=O)N2CCC[C@H](c3cccc(Nc4ccccn4)n3)C2)c(C)n1. The summed E-state index contributed by atoms with van der Waals surface area (Å²) in [6.07, 6.45) is 5.05. The molecule has 0 radical (unpaired) electrons. The number of aryl methyl sites for hydroxylation is 2. The zero-order chi connectivity index (χ0) is 21.1. The van der Waals surface area contributed by atoms with Crippen LogP contribution in [-0.4, -0.2) is 45.6 Å². The predicted molar refractivity (Wildman–Crippen MR) is 115 cm³/mol. The summed E-state index contributed by atoms with van der Waals surface area (Å²) in [6.45, 7) is 5.26. The fourth-order valence-electron chi connectivity index (χ4n) is 3.77. The third kappa shape index (κ3) is 4.22. The van der Waals surface area contributed by atoms with Crippen molar-refractivity contribution in [1.29, 1.82) is 0 Å². The minimum Gasteiger partial charge on any atom is -0.325 e. The molecular formula is C21H26N6O2S. The van der Waals surface area contributed by atoms with Gasteiger partial charge in [-0.2, -0.15) is 9.40 Å². The summed E-state index contributed by atoms with van der Waals surface area (Å²) < 4.78 is 29.7. The van der Waals surface area contributed by atoms with Crippen LogP contribution in [-0.2, 0) is 16.6 Å². The van der Waals surface area contributed by atoms with E-state index in [1.54, 1.807) is 28.3 Å². The van der Waals surface area contributed by atoms with E-state index in [0.29, 0.717) is 36.0 Å². The first-order valence-corrected chi connectivity index (χ1v) is 11.6. The van der Waals surface area contributed by atoms with Crippen LogP contribution in [0.15, 0.2) is 53.7 Å². The minimum absolute atomic E-state index is 0.0422. The Morgan fingerprint density at radius 3 is 2.73 bits per heavy atom. The zero-order valence-electron chi connectivity index (χ0n) is 17.2. The number of anilines is 2. The Balaban J connectivity index is 1.54. The molecule has 0 saturated carbocycles. The number of rotatable bonds is 6. The van der Waals surface area contributed by atoms with E-state index >= 15 is 0 Å². The van der Waals surface area contributed by atoms with Crippen molar-refractivity contribution >= 4 is 21.7 Å². The fraction of sp³-hybridized carbons (Fsp3) is 0.381. The molecule has 0 aliphatic carbocycles. The molecule has 1 atom stereocenters. The van der Waals surface area contributed by atoms with Crippen molar-refractivity contribution in [3.05, 3.63) is 60.2 Å². The number of pyridine rings is 2. The predicted octanol–water partition coefficient (Wildman–Crippen LogP) is 3.31. The van der Waals surface area contributed by atoms with Crippen LogP contribution < -0.4 is 5.32 Å². The van der Waals surface area contributed by atoms with Gasteiger partial charge in [0.1, 0.15) is 16.5 Å². The second-order valence-corrected chi connectivity index (χ2v) is 9.33. The first-order chi connectivity index (χ1) is 14.5. The van der Waals surface area contributed by atoms with E-state index in [0.717, 1.165) is 24.4 Å². The molecule has 8 nitrogen and oxygen atoms in total. The van der Waals surface area contributed by atoms with Crippen LogP contribution in [0.5, 0.6) is 0 Å². The lowest BCUT2D eigenvalue weighted by molar-refractivity contribution is 0.312. The summed E-state index contributed by atoms with van der Waals surface area (Å²) in [5, 5.41) is 7.51. The maximum Gasteiger partial charge on any atom is 0.246 e. The van der Waals surface area contributed by atoms with Crippen LogP contribution in [0, 0.1) is 6.92 Å². The summed E-state index contributed by atoms with van der Waals surface area (Å²) in [4.78, 5) is 9.29. The zero-order valence-corrected chi connectivity index (χ0v) is 18.0. The number of nitrogens with one attached hydrogen (secondary N) is 1. The third-order valence-electron chi connectivity index (χ3n) is 5.34. The Labute approximate surface area is 177 Å². The van der Waals surface area contributed by atoms with Crippen molar-refractivity contribution in [1.82, 2.24) is 24.1 Å². The molecule has 0 amide bonds. The molecule has 1 aliphatic rings. The summed E-state index contributed by atoms with van der Waals surface area (Å²) in [5.41, 5.74) is 1.43. The number of nitrogens with zero attached hydrogens (tertiary/aromatic N) is 5. The highest BCUT2D eigenvalue weighted by molar-refractivity contribution is 7.89. The highest BCUT2D eigenvalue weighted by Crippen LogP contribution is 2.31. The Morgan fingerprint density at radius 2 is 2.00 bits per heavy atom. The van der Waals surface area contributed by atoms with Gasteiger partial charge in [0, 0.05) is 43.6 Å². The second-order valence-electron chi connectivity index (χ2n) is 7.42. The van der Waals surface area contributed by atoms with Gasteiger partial charge >= 0.3 is 0 Å². The van der Waals surface area contributed by atoms with Gasteiger partial charge in [-0.1, -0.05) is 12.1 Å². The summed E-state index contributed by atoms with van der Waals surface area (Å²) >= 11 is 0. The molecule has 4 heterocycles. The highest BCUT2D eigenvalue weighted by Gasteiger charge is 2.33. The summed E-state index contributed by atoms with van der Waals surface area (Å²) in [7, 11) is -3.58. The number of sulfonamides is 1. The van der Waals surface area contributed by atoms with Gasteiger partial charge in [0.05, 0.1) is 5.69 Å². The van der Waals surface area contributed by atoms with Crippen LogP contribution in [0.4, 0.5) is 11.6 Å². The van der Waals surface area contributed by atoms with Gasteiger partial charge in [0.2, 0.25) is 10.0 Å². The van der Waals surface area contributed by atoms with Crippen molar-refractivity contribution in [3.8, 4) is 0 Å². The lowest BCUT2D eigenvalue weighted by atomic mass is 9.95. The molecule has 0 unspecified atom stereocenters. The van der Waals surface area contributed by atoms with Gasteiger partial charge < -0.3 is 5.32 Å². The molecule has 9 heteroatoms. The number of aromatic nitrogens is 4. The number of hydrogen-bond acceptors (Lipinski definition) is 6. The first-order valence-electron chi connectivity index (χ1n) is 10.2. The van der Waals surface area contributed by atoms with Crippen LogP contribution >= 0.6 is 0 Å². The molecular weight excluding hydrogens is 400 g/mol. The smallest absolute Gasteiger partial charge is 0.246 e. The van der Waals surface area contributed by atoms with Crippen molar-refractivity contribution in [2.24, 2.45) is 0 Å². The average molecular weight is 427 g/mol. The molecule has 3 aromatic heterocycles. The minimum atomic E-state index is -3.58. The van der Waals surface area contributed by atoms with E-state index in [1.165, 1.54) is 0 Å². The largest absolute Gasteiger partial charge is 0.325 e. The summed E-state index contributed by atoms with van der Waals surface area (Å²) in [6, 6.07) is 11.4. The molecule has 1 saturated heterocycles. The Morgan fingerprint density at radius 1 is 1.17 bits per heavy atom. The number of hydrogen-bond donors (Lipinski definition) is 1. The standard InChI is InChI=1S/C21H26N6O2S/c1-3-26-15-19(16(2)25-26)30(28,29)27-13-7-8-17(14-27)18-9-6-11-21(23-18)24-20-10-4-5-12-22-20/h4-6,9-12,15,17H,3,7-8,13-14H2,1-2H3,(H,22,23,24)/t17-/m0/s1. The van der Waals surface area contributed by atoms with Gasteiger partial charge in [-0.25, -0.2) is 18.4 Å². The van der Waals surface area contributed by atoms with Gasteiger partial charge in [-0.05, 0) is 51.0 Å². The molecule has 30 heavy (non-hydrogen) atoms. The van der Waals surface area contributed by atoms with Crippen LogP contribution in [0.2, 0.25) is 0 Å². The molecule has 0 bridgehead atoms. The quantitative estimate of drug-likeness (QED) is 0.650. The lowest BCUT2D eigenvalue weighted by Crippen LogP contribution is -2.39. The fourth-order valence-corrected chi connectivity index (χ4v) is 5.47. The van der Waals surface area contributed by atoms with Crippen LogP contribution in [0.3, 0.4) is 0 Å². The molecule has 3 aromatic rings. The third-order valence-corrected chi connectivity index (χ3v) is 7.31. The van der Waals surface area contributed by atoms with Crippen LogP contribution in [0.1, 0.15) is 37.1 Å². The maximum atomic E-state index is 13.3. The van der Waals surface area contributed by atoms with Gasteiger partial charge in [0.25, 0.3) is 0 Å². The highest BCUT2D eigenvalue weighted by atomic mass is 32.2. The van der Waals surface area contributed by atoms with E-state index in [2.05, 4.69) is 15.4 Å². The van der Waals surface area contributed by atoms with Crippen molar-refractivity contribution < 1.29 is 8.42 Å². The van der Waals surface area contributed by atoms with E-state index in [9.17, 15) is 8.42 Å².